The molecule has 0 fully saturated rings. The van der Waals surface area contributed by atoms with E-state index in [1.54, 1.807) is 0 Å². The van der Waals surface area contributed by atoms with Crippen LogP contribution in [0.2, 0.25) is 0 Å². The number of esters is 1. The van der Waals surface area contributed by atoms with Crippen LogP contribution < -0.4 is 5.32 Å². The Balaban J connectivity index is 3.38. The number of unbranched alkanes of at least 4 members (excludes halogenated alkanes) is 41. The van der Waals surface area contributed by atoms with Gasteiger partial charge in [0.25, 0.3) is 0 Å². The fourth-order valence-corrected chi connectivity index (χ4v) is 9.88. The third kappa shape index (κ3) is 58.9. The molecule has 0 saturated heterocycles. The van der Waals surface area contributed by atoms with Gasteiger partial charge in [-0.05, 0) is 89.9 Å². The molecule has 0 spiro atoms. The van der Waals surface area contributed by atoms with Gasteiger partial charge in [0.1, 0.15) is 0 Å². The number of nitrogens with one attached hydrogen (secondary N) is 1. The van der Waals surface area contributed by atoms with E-state index in [1.807, 2.05) is 0 Å². The number of aliphatic hydroxyl groups excluding tert-OH is 2. The topological polar surface area (TPSA) is 95.9 Å². The van der Waals surface area contributed by atoms with Gasteiger partial charge in [-0.15, -0.1) is 0 Å². The molecule has 0 aromatic heterocycles. The number of hydrogen-bond donors (Lipinski definition) is 3. The maximum absolute atomic E-state index is 12.4. The number of carbonyl (C=O) groups excluding carboxylic acids is 2. The minimum atomic E-state index is -0.663. The lowest BCUT2D eigenvalue weighted by Gasteiger charge is -2.22. The van der Waals surface area contributed by atoms with Crippen LogP contribution in [0.1, 0.15) is 341 Å². The third-order valence-electron chi connectivity index (χ3n) is 14.9. The summed E-state index contributed by atoms with van der Waals surface area (Å²) in [7, 11) is 0. The van der Waals surface area contributed by atoms with Crippen LogP contribution in [0, 0.1) is 0 Å². The maximum atomic E-state index is 12.4. The fraction of sp³-hybridized carbons (Fsp3) is 0.851. The highest BCUT2D eigenvalue weighted by Crippen LogP contribution is 2.17. The molecule has 0 saturated carbocycles. The summed E-state index contributed by atoms with van der Waals surface area (Å²) in [4.78, 5) is 24.5. The zero-order valence-electron chi connectivity index (χ0n) is 48.9. The van der Waals surface area contributed by atoms with Crippen molar-refractivity contribution >= 4 is 11.9 Å². The highest BCUT2D eigenvalue weighted by atomic mass is 16.5. The van der Waals surface area contributed by atoms with Crippen LogP contribution in [-0.4, -0.2) is 47.4 Å². The molecule has 3 N–H and O–H groups in total. The lowest BCUT2D eigenvalue weighted by Crippen LogP contribution is -2.45. The van der Waals surface area contributed by atoms with Crippen molar-refractivity contribution in [2.24, 2.45) is 0 Å². The molecule has 0 aromatic rings. The molecule has 2 atom stereocenters. The Hall–Kier alpha value is -2.18. The van der Waals surface area contributed by atoms with E-state index in [1.165, 1.54) is 250 Å². The molecule has 0 heterocycles. The summed E-state index contributed by atoms with van der Waals surface area (Å²) in [5.41, 5.74) is 0. The zero-order chi connectivity index (χ0) is 52.9. The highest BCUT2D eigenvalue weighted by Gasteiger charge is 2.20. The number of allylic oxidation sites excluding steroid dienone is 8. The molecule has 0 bridgehead atoms. The molecule has 0 aromatic carbocycles. The largest absolute Gasteiger partial charge is 0.466 e. The summed E-state index contributed by atoms with van der Waals surface area (Å²) in [6.45, 7) is 4.92. The van der Waals surface area contributed by atoms with Gasteiger partial charge in [-0.3, -0.25) is 9.59 Å². The van der Waals surface area contributed by atoms with Gasteiger partial charge in [0.15, 0.2) is 0 Å². The average molecular weight is 1020 g/mol. The predicted octanol–water partition coefficient (Wildman–Crippen LogP) is 20.5. The van der Waals surface area contributed by atoms with Crippen LogP contribution in [0.3, 0.4) is 0 Å². The van der Waals surface area contributed by atoms with Crippen LogP contribution in [0.25, 0.3) is 0 Å². The molecule has 0 radical (unpaired) electrons. The van der Waals surface area contributed by atoms with E-state index >= 15 is 0 Å². The summed E-state index contributed by atoms with van der Waals surface area (Å²) < 4.78 is 5.49. The van der Waals surface area contributed by atoms with Crippen molar-refractivity contribution in [3.8, 4) is 0 Å². The number of amides is 1. The number of ether oxygens (including phenoxy) is 1. The van der Waals surface area contributed by atoms with E-state index < -0.39 is 12.1 Å². The van der Waals surface area contributed by atoms with Crippen LogP contribution in [0.4, 0.5) is 0 Å². The van der Waals surface area contributed by atoms with E-state index in [0.29, 0.717) is 25.9 Å². The molecule has 428 valence electrons. The SMILES string of the molecule is CCCCCC/C=C\C/C=C\CCCCCCCCCC(=O)OCCCCCCCCCCC/C=C\C/C=C\CCCCCCCCCCCCCCCC(=O)NC(CO)C(O)CCCCCCCCCCC. The summed E-state index contributed by atoms with van der Waals surface area (Å²) in [6, 6.07) is -0.541. The normalized spacial score (nSPS) is 12.9. The molecule has 0 aliphatic rings. The van der Waals surface area contributed by atoms with Crippen LogP contribution in [-0.2, 0) is 14.3 Å². The first-order chi connectivity index (χ1) is 36.0. The lowest BCUT2D eigenvalue weighted by molar-refractivity contribution is -0.143. The molecular weight excluding hydrogens is 899 g/mol. The molecule has 0 aliphatic heterocycles. The van der Waals surface area contributed by atoms with Gasteiger partial charge in [-0.2, -0.15) is 0 Å². The van der Waals surface area contributed by atoms with Crippen LogP contribution in [0.15, 0.2) is 48.6 Å². The molecular formula is C67H125NO5. The van der Waals surface area contributed by atoms with Gasteiger partial charge < -0.3 is 20.3 Å². The second kappa shape index (κ2) is 62.4. The predicted molar refractivity (Wildman–Crippen MR) is 319 cm³/mol. The Morgan fingerprint density at radius 3 is 1.05 bits per heavy atom. The van der Waals surface area contributed by atoms with Crippen molar-refractivity contribution < 1.29 is 24.5 Å². The second-order valence-electron chi connectivity index (χ2n) is 22.1. The Kier molecular flexibility index (Phi) is 60.5. The molecule has 0 rings (SSSR count). The van der Waals surface area contributed by atoms with Crippen molar-refractivity contribution in [2.45, 2.75) is 353 Å². The highest BCUT2D eigenvalue weighted by molar-refractivity contribution is 5.76. The van der Waals surface area contributed by atoms with Gasteiger partial charge in [0, 0.05) is 12.8 Å². The lowest BCUT2D eigenvalue weighted by atomic mass is 10.0. The number of aliphatic hydroxyl groups is 2. The van der Waals surface area contributed by atoms with Gasteiger partial charge in [0.05, 0.1) is 25.4 Å². The Morgan fingerprint density at radius 1 is 0.384 bits per heavy atom. The average Bonchev–Trinajstić information content (AvgIpc) is 3.39. The van der Waals surface area contributed by atoms with Crippen molar-refractivity contribution in [3.63, 3.8) is 0 Å². The van der Waals surface area contributed by atoms with Gasteiger partial charge in [-0.25, -0.2) is 0 Å². The van der Waals surface area contributed by atoms with Gasteiger partial charge in [0.2, 0.25) is 5.91 Å². The Morgan fingerprint density at radius 2 is 0.685 bits per heavy atom. The summed E-state index contributed by atoms with van der Waals surface area (Å²) in [5.74, 6) is -0.0337. The summed E-state index contributed by atoms with van der Waals surface area (Å²) >= 11 is 0. The fourth-order valence-electron chi connectivity index (χ4n) is 9.88. The monoisotopic (exact) mass is 1020 g/mol. The summed E-state index contributed by atoms with van der Waals surface area (Å²) in [5, 5.41) is 23.1. The van der Waals surface area contributed by atoms with Crippen molar-refractivity contribution in [2.75, 3.05) is 13.2 Å². The van der Waals surface area contributed by atoms with Crippen LogP contribution >= 0.6 is 0 Å². The first kappa shape index (κ1) is 70.8. The van der Waals surface area contributed by atoms with E-state index in [2.05, 4.69) is 67.8 Å². The third-order valence-corrected chi connectivity index (χ3v) is 14.9. The second-order valence-corrected chi connectivity index (χ2v) is 22.1. The van der Waals surface area contributed by atoms with Gasteiger partial charge in [-0.1, -0.05) is 287 Å². The number of carbonyl (C=O) groups is 2. The van der Waals surface area contributed by atoms with E-state index in [0.717, 1.165) is 57.8 Å². The van der Waals surface area contributed by atoms with Crippen LogP contribution in [0.5, 0.6) is 0 Å². The number of rotatable bonds is 60. The van der Waals surface area contributed by atoms with E-state index in [-0.39, 0.29) is 18.5 Å². The molecule has 73 heavy (non-hydrogen) atoms. The van der Waals surface area contributed by atoms with E-state index in [9.17, 15) is 19.8 Å². The molecule has 2 unspecified atom stereocenters. The molecule has 0 aliphatic carbocycles. The standard InChI is InChI=1S/C67H125NO5/c1-3-5-7-9-11-13-14-15-16-17-32-35-38-41-45-49-53-57-61-67(72)73-62-58-54-50-46-42-39-36-33-30-28-26-24-22-20-18-19-21-23-25-27-29-31-34-37-40-44-48-52-56-60-66(71)68-64(63-69)65(70)59-55-51-47-43-12-10-8-6-4-2/h13-14,16-18,20,24,26,64-65,69-70H,3-12,15,19,21-23,25,27-63H2,1-2H3,(H,68,71)/b14-13-,17-16-,20-18-,26-24-. The number of hydrogen-bond acceptors (Lipinski definition) is 5. The Bertz CT molecular complexity index is 1230. The van der Waals surface area contributed by atoms with E-state index in [4.69, 9.17) is 4.74 Å². The zero-order valence-corrected chi connectivity index (χ0v) is 48.9. The van der Waals surface area contributed by atoms with Gasteiger partial charge >= 0.3 is 5.97 Å². The quantitative estimate of drug-likeness (QED) is 0.0320. The first-order valence-corrected chi connectivity index (χ1v) is 32.4. The molecule has 1 amide bonds. The molecule has 6 nitrogen and oxygen atoms in total. The molecule has 6 heteroatoms. The summed E-state index contributed by atoms with van der Waals surface area (Å²) in [6.07, 6.45) is 80.0. The minimum absolute atomic E-state index is 0.00441. The maximum Gasteiger partial charge on any atom is 0.305 e. The smallest absolute Gasteiger partial charge is 0.305 e. The van der Waals surface area contributed by atoms with Crippen molar-refractivity contribution in [1.29, 1.82) is 0 Å². The Labute approximate surface area is 455 Å². The van der Waals surface area contributed by atoms with Crippen molar-refractivity contribution in [3.05, 3.63) is 48.6 Å². The first-order valence-electron chi connectivity index (χ1n) is 32.4. The minimum Gasteiger partial charge on any atom is -0.466 e. The van der Waals surface area contributed by atoms with Crippen molar-refractivity contribution in [1.82, 2.24) is 5.32 Å².